The summed E-state index contributed by atoms with van der Waals surface area (Å²) in [4.78, 5) is 0. The first-order chi connectivity index (χ1) is 22.1. The molecule has 3 nitrogen and oxygen atoms in total. The van der Waals surface area contributed by atoms with Crippen molar-refractivity contribution in [3.8, 4) is 16.9 Å². The van der Waals surface area contributed by atoms with Crippen LogP contribution in [0.15, 0.2) is 134 Å². The number of benzene rings is 4. The molecule has 45 heavy (non-hydrogen) atoms. The molecule has 0 saturated carbocycles. The molecule has 0 unspecified atom stereocenters. The second-order valence-electron chi connectivity index (χ2n) is 11.6. The zero-order valence-electron chi connectivity index (χ0n) is 25.7. The molecule has 0 bridgehead atoms. The molecule has 2 aliphatic rings. The van der Waals surface area contributed by atoms with Crippen molar-refractivity contribution in [2.24, 2.45) is 0 Å². The number of hydrogen-bond donors (Lipinski definition) is 2. The van der Waals surface area contributed by atoms with Crippen molar-refractivity contribution in [3.63, 3.8) is 0 Å². The van der Waals surface area contributed by atoms with Crippen molar-refractivity contribution in [2.45, 2.75) is 32.1 Å². The summed E-state index contributed by atoms with van der Waals surface area (Å²) in [5.41, 5.74) is 18.5. The summed E-state index contributed by atoms with van der Waals surface area (Å²) in [6.45, 7) is 4.85. The minimum Gasteiger partial charge on any atom is -0.486 e. The lowest BCUT2D eigenvalue weighted by molar-refractivity contribution is 0.344. The molecular weight excluding hydrogens is 548 g/mol. The summed E-state index contributed by atoms with van der Waals surface area (Å²) in [5.74, 6) is 0.713. The van der Waals surface area contributed by atoms with E-state index in [2.05, 4.69) is 133 Å². The van der Waals surface area contributed by atoms with Crippen LogP contribution in [0, 0.1) is 0 Å². The van der Waals surface area contributed by atoms with Crippen molar-refractivity contribution in [3.05, 3.63) is 161 Å². The monoisotopic (exact) mass is 588 g/mol. The molecule has 0 aromatic heterocycles. The van der Waals surface area contributed by atoms with E-state index < -0.39 is 0 Å². The lowest BCUT2D eigenvalue weighted by Gasteiger charge is -2.18. The lowest BCUT2D eigenvalue weighted by atomic mass is 9.94. The molecule has 6 rings (SSSR count). The summed E-state index contributed by atoms with van der Waals surface area (Å²) < 4.78 is 6.45. The first-order valence-electron chi connectivity index (χ1n) is 15.8. The van der Waals surface area contributed by atoms with Gasteiger partial charge in [0.05, 0.1) is 5.69 Å². The van der Waals surface area contributed by atoms with Crippen LogP contribution in [0.3, 0.4) is 0 Å². The van der Waals surface area contributed by atoms with Gasteiger partial charge in [-0.3, -0.25) is 0 Å². The molecule has 0 amide bonds. The number of nitrogen functional groups attached to an aromatic ring is 1. The van der Waals surface area contributed by atoms with Crippen LogP contribution in [0.25, 0.3) is 34.9 Å². The Labute approximate surface area is 267 Å². The van der Waals surface area contributed by atoms with E-state index in [4.69, 9.17) is 10.5 Å². The zero-order chi connectivity index (χ0) is 30.8. The number of allylic oxidation sites excluding steroid dienone is 6. The normalized spacial score (nSPS) is 16.1. The van der Waals surface area contributed by atoms with Crippen LogP contribution in [0.5, 0.6) is 5.75 Å². The predicted octanol–water partition coefficient (Wildman–Crippen LogP) is 10.7. The minimum absolute atomic E-state index is 0.557. The molecule has 0 radical (unpaired) electrons. The topological polar surface area (TPSA) is 47.3 Å². The molecule has 0 aliphatic heterocycles. The molecule has 3 N–H and O–H groups in total. The Kier molecular flexibility index (Phi) is 9.57. The van der Waals surface area contributed by atoms with Gasteiger partial charge in [0.1, 0.15) is 6.61 Å². The highest BCUT2D eigenvalue weighted by atomic mass is 16.5. The van der Waals surface area contributed by atoms with Crippen molar-refractivity contribution >= 4 is 35.2 Å². The molecule has 0 fully saturated rings. The average Bonchev–Trinajstić information content (AvgIpc) is 3.08. The van der Waals surface area contributed by atoms with E-state index >= 15 is 0 Å². The first kappa shape index (κ1) is 29.8. The van der Waals surface area contributed by atoms with Gasteiger partial charge in [-0.1, -0.05) is 110 Å². The first-order valence-corrected chi connectivity index (χ1v) is 15.8. The summed E-state index contributed by atoms with van der Waals surface area (Å²) in [7, 11) is 0. The fraction of sp³-hybridized carbons (Fsp3) is 0.143. The Hall–Kier alpha value is -5.28. The molecule has 224 valence electrons. The molecular formula is C42H40N2O. The van der Waals surface area contributed by atoms with Gasteiger partial charge >= 0.3 is 0 Å². The van der Waals surface area contributed by atoms with Crippen molar-refractivity contribution < 1.29 is 4.74 Å². The summed E-state index contributed by atoms with van der Waals surface area (Å²) in [6, 6.07) is 29.5. The quantitative estimate of drug-likeness (QED) is 0.116. The van der Waals surface area contributed by atoms with Crippen LogP contribution in [0.2, 0.25) is 0 Å². The fourth-order valence-corrected chi connectivity index (χ4v) is 5.82. The van der Waals surface area contributed by atoms with Crippen LogP contribution in [0.4, 0.5) is 11.4 Å². The Balaban J connectivity index is 1.28. The summed E-state index contributed by atoms with van der Waals surface area (Å²) in [6.07, 6.45) is 24.6. The molecule has 0 saturated heterocycles. The summed E-state index contributed by atoms with van der Waals surface area (Å²) in [5, 5.41) is 3.44. The molecule has 0 heterocycles. The molecule has 0 spiro atoms. The van der Waals surface area contributed by atoms with E-state index in [1.807, 2.05) is 18.3 Å². The SMILES string of the molecule is C=C1/C=C\C=C/Cc2ccc(/C=C\c3ccc(N)c(OCC4=CCCCC4)c3/C=C/Nc3ccc(-c4ccccc4)cc3)cc21. The van der Waals surface area contributed by atoms with E-state index in [0.717, 1.165) is 47.2 Å². The maximum Gasteiger partial charge on any atom is 0.150 e. The molecule has 0 atom stereocenters. The van der Waals surface area contributed by atoms with E-state index in [1.165, 1.54) is 40.7 Å². The standard InChI is InChI=1S/C42H40N2O/c1-31-11-5-2-10-16-36-19-17-32(29-40(31)36)18-20-37-23-26-41(43)42(45-30-33-12-6-3-7-13-33)39(37)27-28-44-38-24-21-35(22-25-38)34-14-8-4-9-15-34/h2,4-5,8-12,14-15,17-29,44H,1,3,6-7,13,16,30,43H2/b10-2-,11-5-,20-18-,28-27+. The smallest absolute Gasteiger partial charge is 0.150 e. The van der Waals surface area contributed by atoms with Crippen LogP contribution in [0.1, 0.15) is 53.5 Å². The van der Waals surface area contributed by atoms with Gasteiger partial charge in [0, 0.05) is 17.5 Å². The number of fused-ring (bicyclic) bond motifs is 1. The van der Waals surface area contributed by atoms with Crippen molar-refractivity contribution in [1.82, 2.24) is 0 Å². The highest BCUT2D eigenvalue weighted by Crippen LogP contribution is 2.34. The Bertz CT molecular complexity index is 1800. The number of hydrogen-bond acceptors (Lipinski definition) is 3. The van der Waals surface area contributed by atoms with Crippen molar-refractivity contribution in [2.75, 3.05) is 17.7 Å². The second kappa shape index (κ2) is 14.5. The third-order valence-corrected chi connectivity index (χ3v) is 8.36. The van der Waals surface area contributed by atoms with Gasteiger partial charge in [-0.2, -0.15) is 0 Å². The van der Waals surface area contributed by atoms with Gasteiger partial charge in [0.25, 0.3) is 0 Å². The minimum atomic E-state index is 0.557. The third-order valence-electron chi connectivity index (χ3n) is 8.36. The average molecular weight is 589 g/mol. The van der Waals surface area contributed by atoms with Crippen molar-refractivity contribution in [1.29, 1.82) is 0 Å². The molecule has 3 heteroatoms. The molecule has 2 aliphatic carbocycles. The Morgan fingerprint density at radius 3 is 2.51 bits per heavy atom. The molecule has 4 aromatic rings. The highest BCUT2D eigenvalue weighted by Gasteiger charge is 2.13. The number of anilines is 2. The van der Waals surface area contributed by atoms with Crippen LogP contribution < -0.4 is 15.8 Å². The van der Waals surface area contributed by atoms with Gasteiger partial charge in [0.15, 0.2) is 5.75 Å². The number of ether oxygens (including phenoxy) is 1. The number of nitrogens with two attached hydrogens (primary N) is 1. The second-order valence-corrected chi connectivity index (χ2v) is 11.6. The predicted molar refractivity (Wildman–Crippen MR) is 194 cm³/mol. The van der Waals surface area contributed by atoms with E-state index in [-0.39, 0.29) is 0 Å². The van der Waals surface area contributed by atoms with Gasteiger partial charge in [-0.15, -0.1) is 0 Å². The van der Waals surface area contributed by atoms with Crippen LogP contribution >= 0.6 is 0 Å². The Morgan fingerprint density at radius 1 is 0.844 bits per heavy atom. The van der Waals surface area contributed by atoms with Gasteiger partial charge in [-0.25, -0.2) is 0 Å². The number of nitrogens with one attached hydrogen (secondary N) is 1. The van der Waals surface area contributed by atoms with Gasteiger partial charge in [0.2, 0.25) is 0 Å². The zero-order valence-corrected chi connectivity index (χ0v) is 25.7. The largest absolute Gasteiger partial charge is 0.486 e. The fourth-order valence-electron chi connectivity index (χ4n) is 5.82. The van der Waals surface area contributed by atoms with Gasteiger partial charge in [-0.05, 0) is 107 Å². The highest BCUT2D eigenvalue weighted by molar-refractivity contribution is 5.83. The van der Waals surface area contributed by atoms with E-state index in [1.54, 1.807) is 0 Å². The maximum absolute atomic E-state index is 6.54. The van der Waals surface area contributed by atoms with Crippen LogP contribution in [-0.4, -0.2) is 6.61 Å². The molecule has 4 aromatic carbocycles. The third kappa shape index (κ3) is 7.63. The van der Waals surface area contributed by atoms with Crippen LogP contribution in [-0.2, 0) is 6.42 Å². The maximum atomic E-state index is 6.54. The van der Waals surface area contributed by atoms with E-state index in [0.29, 0.717) is 18.0 Å². The summed E-state index contributed by atoms with van der Waals surface area (Å²) >= 11 is 0. The van der Waals surface area contributed by atoms with E-state index in [9.17, 15) is 0 Å². The van der Waals surface area contributed by atoms with Gasteiger partial charge < -0.3 is 15.8 Å². The Morgan fingerprint density at radius 2 is 1.69 bits per heavy atom. The number of rotatable bonds is 9. The lowest BCUT2D eigenvalue weighted by Crippen LogP contribution is -2.07.